The fourth-order valence-corrected chi connectivity index (χ4v) is 4.01. The zero-order valence-electron chi connectivity index (χ0n) is 12.7. The maximum atomic E-state index is 10.1. The molecule has 0 aromatic rings. The SMILES string of the molecule is O[C@H](CNCCCCCl)CN1CC[C@@H]2CCCC[C@@H]2C1. The van der Waals surface area contributed by atoms with Gasteiger partial charge in [0.05, 0.1) is 6.10 Å². The second-order valence-corrected chi connectivity index (χ2v) is 6.98. The van der Waals surface area contributed by atoms with Crippen LogP contribution in [0.2, 0.25) is 0 Å². The first-order chi connectivity index (χ1) is 9.79. The lowest BCUT2D eigenvalue weighted by atomic mass is 9.75. The van der Waals surface area contributed by atoms with Gasteiger partial charge < -0.3 is 15.3 Å². The van der Waals surface area contributed by atoms with Crippen LogP contribution in [0.3, 0.4) is 0 Å². The lowest BCUT2D eigenvalue weighted by molar-refractivity contribution is 0.0464. The van der Waals surface area contributed by atoms with Gasteiger partial charge in [-0.1, -0.05) is 19.3 Å². The number of aliphatic hydroxyl groups is 1. The molecule has 1 aliphatic carbocycles. The largest absolute Gasteiger partial charge is 0.390 e. The number of halogens is 1. The van der Waals surface area contributed by atoms with Gasteiger partial charge in [0.25, 0.3) is 0 Å². The van der Waals surface area contributed by atoms with E-state index < -0.39 is 0 Å². The number of hydrogen-bond donors (Lipinski definition) is 2. The number of likely N-dealkylation sites (tertiary alicyclic amines) is 1. The number of fused-ring (bicyclic) bond motifs is 1. The predicted octanol–water partition coefficient (Wildman–Crippen LogP) is 2.47. The van der Waals surface area contributed by atoms with Gasteiger partial charge in [0.2, 0.25) is 0 Å². The van der Waals surface area contributed by atoms with Crippen molar-refractivity contribution < 1.29 is 5.11 Å². The van der Waals surface area contributed by atoms with Crippen LogP contribution in [0.15, 0.2) is 0 Å². The lowest BCUT2D eigenvalue weighted by Crippen LogP contribution is -2.46. The second-order valence-electron chi connectivity index (χ2n) is 6.61. The van der Waals surface area contributed by atoms with Gasteiger partial charge in [-0.3, -0.25) is 0 Å². The van der Waals surface area contributed by atoms with Crippen LogP contribution in [-0.2, 0) is 0 Å². The molecule has 1 heterocycles. The van der Waals surface area contributed by atoms with Crippen molar-refractivity contribution in [1.29, 1.82) is 0 Å². The summed E-state index contributed by atoms with van der Waals surface area (Å²) in [6.07, 6.45) is 8.99. The standard InChI is InChI=1S/C16H31ClN2O/c17-8-3-4-9-18-11-16(20)13-19-10-7-14-5-1-2-6-15(14)12-19/h14-16,18,20H,1-13H2/t14-,15+,16+/m0/s1. The molecule has 1 saturated carbocycles. The van der Waals surface area contributed by atoms with Crippen LogP contribution >= 0.6 is 11.6 Å². The molecule has 0 bridgehead atoms. The first kappa shape index (κ1) is 16.5. The smallest absolute Gasteiger partial charge is 0.0791 e. The first-order valence-corrected chi connectivity index (χ1v) is 9.00. The lowest BCUT2D eigenvalue weighted by Gasteiger charge is -2.41. The normalized spacial score (nSPS) is 29.1. The molecule has 3 nitrogen and oxygen atoms in total. The van der Waals surface area contributed by atoms with E-state index in [1.807, 2.05) is 0 Å². The Morgan fingerprint density at radius 3 is 2.75 bits per heavy atom. The van der Waals surface area contributed by atoms with E-state index in [4.69, 9.17) is 11.6 Å². The van der Waals surface area contributed by atoms with Crippen LogP contribution in [0.5, 0.6) is 0 Å². The summed E-state index contributed by atoms with van der Waals surface area (Å²) in [5.41, 5.74) is 0. The number of unbranched alkanes of at least 4 members (excludes halogenated alkanes) is 1. The molecule has 1 aliphatic heterocycles. The minimum Gasteiger partial charge on any atom is -0.390 e. The minimum absolute atomic E-state index is 0.230. The number of piperidine rings is 1. The van der Waals surface area contributed by atoms with Crippen molar-refractivity contribution in [3.05, 3.63) is 0 Å². The maximum Gasteiger partial charge on any atom is 0.0791 e. The number of β-amino-alcohol motifs (C(OH)–C–C–N with tert-alkyl or cyclic N) is 1. The Hall–Kier alpha value is 0.170. The van der Waals surface area contributed by atoms with Gasteiger partial charge >= 0.3 is 0 Å². The molecule has 4 heteroatoms. The molecule has 2 N–H and O–H groups in total. The average Bonchev–Trinajstić information content (AvgIpc) is 2.47. The summed E-state index contributed by atoms with van der Waals surface area (Å²) < 4.78 is 0. The van der Waals surface area contributed by atoms with Gasteiger partial charge in [-0.15, -0.1) is 11.6 Å². The van der Waals surface area contributed by atoms with Crippen molar-refractivity contribution in [3.63, 3.8) is 0 Å². The molecule has 0 spiro atoms. The summed E-state index contributed by atoms with van der Waals surface area (Å²) >= 11 is 5.64. The molecule has 2 fully saturated rings. The molecule has 0 aromatic heterocycles. The molecule has 118 valence electrons. The van der Waals surface area contributed by atoms with Crippen LogP contribution in [0.25, 0.3) is 0 Å². The zero-order chi connectivity index (χ0) is 14.2. The van der Waals surface area contributed by atoms with Crippen molar-refractivity contribution in [2.45, 2.75) is 51.0 Å². The van der Waals surface area contributed by atoms with Gasteiger partial charge in [-0.2, -0.15) is 0 Å². The average molecular weight is 303 g/mol. The van der Waals surface area contributed by atoms with E-state index in [0.717, 1.165) is 43.6 Å². The molecule has 0 aromatic carbocycles. The third-order valence-corrected chi connectivity index (χ3v) is 5.23. The van der Waals surface area contributed by atoms with Gasteiger partial charge in [-0.05, 0) is 50.6 Å². The highest BCUT2D eigenvalue weighted by Crippen LogP contribution is 2.35. The molecule has 2 rings (SSSR count). The first-order valence-electron chi connectivity index (χ1n) is 8.46. The van der Waals surface area contributed by atoms with E-state index in [1.54, 1.807) is 0 Å². The molecule has 2 aliphatic rings. The molecule has 3 atom stereocenters. The molecule has 1 saturated heterocycles. The van der Waals surface area contributed by atoms with Crippen molar-refractivity contribution in [2.75, 3.05) is 38.6 Å². The third-order valence-electron chi connectivity index (χ3n) is 4.96. The highest BCUT2D eigenvalue weighted by atomic mass is 35.5. The van der Waals surface area contributed by atoms with E-state index in [9.17, 15) is 5.11 Å². The number of nitrogens with zero attached hydrogens (tertiary/aromatic N) is 1. The summed E-state index contributed by atoms with van der Waals surface area (Å²) in [5.74, 6) is 2.62. The number of alkyl halides is 1. The van der Waals surface area contributed by atoms with Crippen molar-refractivity contribution in [2.24, 2.45) is 11.8 Å². The van der Waals surface area contributed by atoms with Gasteiger partial charge in [0.15, 0.2) is 0 Å². The van der Waals surface area contributed by atoms with E-state index in [2.05, 4.69) is 10.2 Å². The van der Waals surface area contributed by atoms with Gasteiger partial charge in [0, 0.05) is 25.5 Å². The predicted molar refractivity (Wildman–Crippen MR) is 85.3 cm³/mol. The maximum absolute atomic E-state index is 10.1. The summed E-state index contributed by atoms with van der Waals surface area (Å²) in [5, 5.41) is 13.5. The van der Waals surface area contributed by atoms with E-state index in [0.29, 0.717) is 6.54 Å². The Morgan fingerprint density at radius 2 is 1.95 bits per heavy atom. The molecule has 0 radical (unpaired) electrons. The Kier molecular flexibility index (Phi) is 7.64. The Bertz CT molecular complexity index is 265. The van der Waals surface area contributed by atoms with Crippen LogP contribution in [0, 0.1) is 11.8 Å². The number of aliphatic hydroxyl groups excluding tert-OH is 1. The number of rotatable bonds is 8. The molecule has 0 unspecified atom stereocenters. The fourth-order valence-electron chi connectivity index (χ4n) is 3.82. The van der Waals surface area contributed by atoms with Gasteiger partial charge in [0.1, 0.15) is 0 Å². The Labute approximate surface area is 129 Å². The second kappa shape index (κ2) is 9.24. The van der Waals surface area contributed by atoms with Crippen LogP contribution < -0.4 is 5.32 Å². The highest BCUT2D eigenvalue weighted by molar-refractivity contribution is 6.17. The van der Waals surface area contributed by atoms with Gasteiger partial charge in [-0.25, -0.2) is 0 Å². The Balaban J connectivity index is 1.58. The molecular formula is C16H31ClN2O. The van der Waals surface area contributed by atoms with Crippen LogP contribution in [-0.4, -0.2) is 54.7 Å². The van der Waals surface area contributed by atoms with Crippen molar-refractivity contribution in [1.82, 2.24) is 10.2 Å². The quantitative estimate of drug-likeness (QED) is 0.534. The van der Waals surface area contributed by atoms with Crippen molar-refractivity contribution >= 4 is 11.6 Å². The van der Waals surface area contributed by atoms with E-state index >= 15 is 0 Å². The Morgan fingerprint density at radius 1 is 1.15 bits per heavy atom. The third kappa shape index (κ3) is 5.51. The molecular weight excluding hydrogens is 272 g/mol. The molecule has 0 amide bonds. The fraction of sp³-hybridized carbons (Fsp3) is 1.00. The summed E-state index contributed by atoms with van der Waals surface area (Å²) in [6, 6.07) is 0. The monoisotopic (exact) mass is 302 g/mol. The highest BCUT2D eigenvalue weighted by Gasteiger charge is 2.31. The van der Waals surface area contributed by atoms with Crippen LogP contribution in [0.4, 0.5) is 0 Å². The minimum atomic E-state index is -0.230. The topological polar surface area (TPSA) is 35.5 Å². The van der Waals surface area contributed by atoms with Crippen LogP contribution in [0.1, 0.15) is 44.9 Å². The molecule has 20 heavy (non-hydrogen) atoms. The number of nitrogens with one attached hydrogen (secondary N) is 1. The zero-order valence-corrected chi connectivity index (χ0v) is 13.5. The summed E-state index contributed by atoms with van der Waals surface area (Å²) in [6.45, 7) is 4.92. The van der Waals surface area contributed by atoms with E-state index in [-0.39, 0.29) is 6.10 Å². The van der Waals surface area contributed by atoms with Crippen molar-refractivity contribution in [3.8, 4) is 0 Å². The summed E-state index contributed by atoms with van der Waals surface area (Å²) in [4.78, 5) is 2.48. The number of hydrogen-bond acceptors (Lipinski definition) is 3. The summed E-state index contributed by atoms with van der Waals surface area (Å²) in [7, 11) is 0. The van der Waals surface area contributed by atoms with E-state index in [1.165, 1.54) is 45.2 Å².